The molecule has 5 nitrogen and oxygen atoms in total. The number of nitrogens with zero attached hydrogens (tertiary/aromatic N) is 2. The Bertz CT molecular complexity index is 1240. The number of carbonyl (C=O) groups is 2. The van der Waals surface area contributed by atoms with Crippen LogP contribution in [0.1, 0.15) is 78.7 Å². The summed E-state index contributed by atoms with van der Waals surface area (Å²) < 4.78 is 28.3. The smallest absolute Gasteiger partial charge is 0.227 e. The third kappa shape index (κ3) is 6.76. The molecule has 2 aliphatic rings. The first-order chi connectivity index (χ1) is 18.3. The van der Waals surface area contributed by atoms with Gasteiger partial charge in [-0.15, -0.1) is 0 Å². The summed E-state index contributed by atoms with van der Waals surface area (Å²) in [5.74, 6) is -1.78. The minimum absolute atomic E-state index is 0.0337. The fourth-order valence-electron chi connectivity index (χ4n) is 5.91. The third-order valence-electron chi connectivity index (χ3n) is 8.16. The molecular formula is C30H37ClF2IN3O2. The molecule has 0 spiro atoms. The van der Waals surface area contributed by atoms with Crippen LogP contribution in [0.25, 0.3) is 0 Å². The molecule has 3 atom stereocenters. The first-order valence-electron chi connectivity index (χ1n) is 13.5. The number of rotatable bonds is 5. The first-order valence-corrected chi connectivity index (χ1v) is 15.1. The molecular weight excluding hydrogens is 635 g/mol. The molecule has 2 amide bonds. The van der Waals surface area contributed by atoms with Gasteiger partial charge in [0.05, 0.1) is 5.92 Å². The Morgan fingerprint density at radius 1 is 1.08 bits per heavy atom. The SMILES string of the molecule is CC(=O)N[C@@H](I)c1cc(Cl)c(C)cc1C1CCN(C(=O)[C@@H]2CN(C(C)(C)C)C[C@H]2c2ccc(F)cc2F)CC1. The van der Waals surface area contributed by atoms with E-state index in [0.717, 1.165) is 35.6 Å². The van der Waals surface area contributed by atoms with Crippen LogP contribution in [0.4, 0.5) is 8.78 Å². The van der Waals surface area contributed by atoms with Gasteiger partial charge in [-0.05, 0) is 80.8 Å². The van der Waals surface area contributed by atoms with Gasteiger partial charge in [0, 0.05) is 55.6 Å². The van der Waals surface area contributed by atoms with Crippen molar-refractivity contribution in [1.29, 1.82) is 0 Å². The number of piperidine rings is 1. The van der Waals surface area contributed by atoms with E-state index >= 15 is 0 Å². The van der Waals surface area contributed by atoms with Crippen molar-refractivity contribution in [2.45, 2.75) is 68.9 Å². The van der Waals surface area contributed by atoms with Gasteiger partial charge in [-0.25, -0.2) is 8.78 Å². The van der Waals surface area contributed by atoms with E-state index in [-0.39, 0.29) is 33.2 Å². The van der Waals surface area contributed by atoms with Crippen LogP contribution in [0, 0.1) is 24.5 Å². The molecule has 1 N–H and O–H groups in total. The van der Waals surface area contributed by atoms with E-state index in [1.165, 1.54) is 19.1 Å². The molecule has 4 rings (SSSR count). The zero-order valence-corrected chi connectivity index (χ0v) is 26.1. The van der Waals surface area contributed by atoms with Gasteiger partial charge in [0.1, 0.15) is 15.7 Å². The van der Waals surface area contributed by atoms with Gasteiger partial charge in [-0.2, -0.15) is 0 Å². The van der Waals surface area contributed by atoms with Crippen LogP contribution in [0.3, 0.4) is 0 Å². The molecule has 212 valence electrons. The van der Waals surface area contributed by atoms with Gasteiger partial charge < -0.3 is 10.2 Å². The van der Waals surface area contributed by atoms with E-state index in [2.05, 4.69) is 59.6 Å². The Labute approximate surface area is 248 Å². The fourth-order valence-corrected chi connectivity index (χ4v) is 7.06. The molecule has 39 heavy (non-hydrogen) atoms. The zero-order chi connectivity index (χ0) is 28.6. The van der Waals surface area contributed by atoms with Crippen molar-refractivity contribution in [2.24, 2.45) is 5.92 Å². The van der Waals surface area contributed by atoms with E-state index in [1.807, 2.05) is 17.9 Å². The van der Waals surface area contributed by atoms with Crippen LogP contribution in [0.2, 0.25) is 5.02 Å². The summed E-state index contributed by atoms with van der Waals surface area (Å²) >= 11 is 8.67. The first kappa shape index (κ1) is 30.2. The Balaban J connectivity index is 1.53. The molecule has 0 saturated carbocycles. The van der Waals surface area contributed by atoms with E-state index in [4.69, 9.17) is 11.6 Å². The summed E-state index contributed by atoms with van der Waals surface area (Å²) in [6, 6.07) is 7.73. The van der Waals surface area contributed by atoms with Crippen molar-refractivity contribution in [3.05, 3.63) is 69.2 Å². The number of carbonyl (C=O) groups excluding carboxylic acids is 2. The average Bonchev–Trinajstić information content (AvgIpc) is 3.30. The largest absolute Gasteiger partial charge is 0.342 e. The topological polar surface area (TPSA) is 52.7 Å². The standard InChI is InChI=1S/C30H37ClF2IN3O2/c1-17-12-22(23(14-26(17)31)28(34)35-18(2)38)19-8-10-36(11-9-19)29(39)25-16-37(30(3,4)5)15-24(25)21-7-6-20(32)13-27(21)33/h6-7,12-14,19,24-25,28H,8-11,15-16H2,1-5H3,(H,35,38)/t24-,25+,28+/m0/s1. The van der Waals surface area contributed by atoms with Crippen LogP contribution in [0.5, 0.6) is 0 Å². The Morgan fingerprint density at radius 3 is 2.33 bits per heavy atom. The molecule has 2 aromatic carbocycles. The molecule has 0 aliphatic carbocycles. The van der Waals surface area contributed by atoms with Crippen molar-refractivity contribution in [3.63, 3.8) is 0 Å². The van der Waals surface area contributed by atoms with Crippen molar-refractivity contribution >= 4 is 46.0 Å². The molecule has 0 unspecified atom stereocenters. The van der Waals surface area contributed by atoms with Crippen molar-refractivity contribution in [1.82, 2.24) is 15.1 Å². The number of benzene rings is 2. The molecule has 2 saturated heterocycles. The van der Waals surface area contributed by atoms with Gasteiger partial charge in [-0.1, -0.05) is 46.3 Å². The Kier molecular flexibility index (Phi) is 9.28. The lowest BCUT2D eigenvalue weighted by molar-refractivity contribution is -0.136. The monoisotopic (exact) mass is 671 g/mol. The lowest BCUT2D eigenvalue weighted by Gasteiger charge is -2.36. The highest BCUT2D eigenvalue weighted by Crippen LogP contribution is 2.41. The van der Waals surface area contributed by atoms with E-state index in [1.54, 1.807) is 0 Å². The molecule has 2 aliphatic heterocycles. The summed E-state index contributed by atoms with van der Waals surface area (Å²) in [4.78, 5) is 29.8. The molecule has 0 aromatic heterocycles. The number of halogens is 4. The van der Waals surface area contributed by atoms with Crippen LogP contribution in [0.15, 0.2) is 30.3 Å². The number of hydrogen-bond acceptors (Lipinski definition) is 3. The summed E-state index contributed by atoms with van der Waals surface area (Å²) in [6.07, 6.45) is 1.57. The van der Waals surface area contributed by atoms with Crippen LogP contribution in [-0.4, -0.2) is 53.3 Å². The van der Waals surface area contributed by atoms with Crippen molar-refractivity contribution in [3.8, 4) is 0 Å². The summed E-state index contributed by atoms with van der Waals surface area (Å²) in [5.41, 5.74) is 3.36. The Hall–Kier alpha value is -1.78. The van der Waals surface area contributed by atoms with Gasteiger partial charge in [0.15, 0.2) is 0 Å². The average molecular weight is 672 g/mol. The van der Waals surface area contributed by atoms with E-state index in [9.17, 15) is 18.4 Å². The predicted molar refractivity (Wildman–Crippen MR) is 159 cm³/mol. The van der Waals surface area contributed by atoms with Crippen molar-refractivity contribution in [2.75, 3.05) is 26.2 Å². The third-order valence-corrected chi connectivity index (χ3v) is 9.55. The van der Waals surface area contributed by atoms with E-state index < -0.39 is 17.6 Å². The Morgan fingerprint density at radius 2 is 1.74 bits per heavy atom. The lowest BCUT2D eigenvalue weighted by Crippen LogP contribution is -2.44. The number of alkyl halides is 1. The summed E-state index contributed by atoms with van der Waals surface area (Å²) in [5, 5.41) is 3.62. The molecule has 0 bridgehead atoms. The van der Waals surface area contributed by atoms with Crippen LogP contribution >= 0.6 is 34.2 Å². The van der Waals surface area contributed by atoms with Crippen LogP contribution < -0.4 is 5.32 Å². The number of aryl methyl sites for hydroxylation is 1. The molecule has 0 radical (unpaired) electrons. The predicted octanol–water partition coefficient (Wildman–Crippen LogP) is 6.72. The highest BCUT2D eigenvalue weighted by atomic mass is 127. The second kappa shape index (κ2) is 12.0. The summed E-state index contributed by atoms with van der Waals surface area (Å²) in [7, 11) is 0. The highest BCUT2D eigenvalue weighted by Gasteiger charge is 2.44. The molecule has 9 heteroatoms. The second-order valence-corrected chi connectivity index (χ2v) is 13.5. The van der Waals surface area contributed by atoms with Gasteiger partial charge in [-0.3, -0.25) is 14.5 Å². The highest BCUT2D eigenvalue weighted by molar-refractivity contribution is 14.1. The number of likely N-dealkylation sites (tertiary alicyclic amines) is 2. The van der Waals surface area contributed by atoms with E-state index in [0.29, 0.717) is 36.8 Å². The zero-order valence-electron chi connectivity index (χ0n) is 23.2. The lowest BCUT2D eigenvalue weighted by atomic mass is 9.84. The quantitative estimate of drug-likeness (QED) is 0.218. The number of hydrogen-bond donors (Lipinski definition) is 1. The second-order valence-electron chi connectivity index (χ2n) is 11.8. The maximum Gasteiger partial charge on any atom is 0.227 e. The normalized spacial score (nSPS) is 21.7. The van der Waals surface area contributed by atoms with Crippen molar-refractivity contribution < 1.29 is 18.4 Å². The minimum atomic E-state index is -0.615. The maximum absolute atomic E-state index is 14.9. The number of amides is 2. The minimum Gasteiger partial charge on any atom is -0.342 e. The molecule has 2 aromatic rings. The maximum atomic E-state index is 14.9. The summed E-state index contributed by atoms with van der Waals surface area (Å²) in [6.45, 7) is 12.0. The van der Waals surface area contributed by atoms with Crippen LogP contribution in [-0.2, 0) is 9.59 Å². The number of nitrogens with one attached hydrogen (secondary N) is 1. The van der Waals surface area contributed by atoms with Gasteiger partial charge in [0.2, 0.25) is 11.8 Å². The molecule has 2 fully saturated rings. The van der Waals surface area contributed by atoms with Gasteiger partial charge in [0.25, 0.3) is 0 Å². The fraction of sp³-hybridized carbons (Fsp3) is 0.533. The molecule has 2 heterocycles. The van der Waals surface area contributed by atoms with Gasteiger partial charge >= 0.3 is 0 Å².